The van der Waals surface area contributed by atoms with Gasteiger partial charge in [0.2, 0.25) is 0 Å². The fraction of sp³-hybridized carbons (Fsp3) is 0.750. The topological polar surface area (TPSA) is 116 Å². The Labute approximate surface area is 111 Å². The van der Waals surface area contributed by atoms with E-state index in [1.165, 1.54) is 0 Å². The number of hydrogen-bond acceptors (Lipinski definition) is 3. The summed E-state index contributed by atoms with van der Waals surface area (Å²) in [7, 11) is 0. The zero-order chi connectivity index (χ0) is 14.4. The van der Waals surface area contributed by atoms with Gasteiger partial charge in [-0.15, -0.1) is 0 Å². The van der Waals surface area contributed by atoms with E-state index in [-0.39, 0.29) is 6.04 Å². The molecule has 1 saturated carbocycles. The molecule has 108 valence electrons. The Balaban J connectivity index is 2.43. The molecule has 0 aromatic heterocycles. The van der Waals surface area contributed by atoms with Crippen LogP contribution < -0.4 is 10.6 Å². The summed E-state index contributed by atoms with van der Waals surface area (Å²) < 4.78 is 0. The molecular weight excluding hydrogens is 252 g/mol. The maximum absolute atomic E-state index is 11.6. The lowest BCUT2D eigenvalue weighted by Crippen LogP contribution is -2.50. The molecule has 2 amide bonds. The number of rotatable bonds is 6. The van der Waals surface area contributed by atoms with Crippen LogP contribution in [0.25, 0.3) is 0 Å². The Morgan fingerprint density at radius 2 is 1.74 bits per heavy atom. The predicted molar refractivity (Wildman–Crippen MR) is 66.8 cm³/mol. The number of nitrogens with one attached hydrogen (secondary N) is 2. The molecule has 0 aromatic carbocycles. The first-order valence-corrected chi connectivity index (χ1v) is 6.41. The zero-order valence-electron chi connectivity index (χ0n) is 10.9. The van der Waals surface area contributed by atoms with Gasteiger partial charge >= 0.3 is 18.0 Å². The lowest BCUT2D eigenvalue weighted by Gasteiger charge is -2.21. The average molecular weight is 272 g/mol. The number of hydrogen-bond donors (Lipinski definition) is 4. The fourth-order valence-electron chi connectivity index (χ4n) is 2.36. The van der Waals surface area contributed by atoms with Crippen molar-refractivity contribution in [1.82, 2.24) is 10.6 Å². The largest absolute Gasteiger partial charge is 0.481 e. The van der Waals surface area contributed by atoms with Gasteiger partial charge in [-0.25, -0.2) is 9.59 Å². The van der Waals surface area contributed by atoms with Crippen molar-refractivity contribution in [3.63, 3.8) is 0 Å². The van der Waals surface area contributed by atoms with Gasteiger partial charge in [-0.1, -0.05) is 12.8 Å². The minimum atomic E-state index is -1.41. The second-order valence-electron chi connectivity index (χ2n) is 4.94. The van der Waals surface area contributed by atoms with Crippen molar-refractivity contribution < 1.29 is 24.6 Å². The molecular formula is C12H20N2O5. The van der Waals surface area contributed by atoms with Crippen LogP contribution in [0.2, 0.25) is 0 Å². The average Bonchev–Trinajstić information content (AvgIpc) is 2.80. The molecule has 0 bridgehead atoms. The summed E-state index contributed by atoms with van der Waals surface area (Å²) >= 11 is 0. The molecule has 0 heterocycles. The molecule has 0 radical (unpaired) electrons. The van der Waals surface area contributed by atoms with Crippen molar-refractivity contribution in [1.29, 1.82) is 0 Å². The minimum absolute atomic E-state index is 0.0400. The van der Waals surface area contributed by atoms with Crippen molar-refractivity contribution in [3.05, 3.63) is 0 Å². The number of carboxylic acid groups (broad SMARTS) is 2. The number of carbonyl (C=O) groups excluding carboxylic acids is 1. The molecule has 19 heavy (non-hydrogen) atoms. The lowest BCUT2D eigenvalue weighted by molar-refractivity contribution is -0.145. The summed E-state index contributed by atoms with van der Waals surface area (Å²) in [6, 6.07) is -2.08. The van der Waals surface area contributed by atoms with E-state index in [0.29, 0.717) is 5.92 Å². The molecule has 1 unspecified atom stereocenters. The molecule has 0 saturated heterocycles. The predicted octanol–water partition coefficient (Wildman–Crippen LogP) is 0.792. The van der Waals surface area contributed by atoms with Gasteiger partial charge in [0.25, 0.3) is 0 Å². The molecule has 7 heteroatoms. The van der Waals surface area contributed by atoms with E-state index in [1.54, 1.807) is 0 Å². The Bertz CT molecular complexity index is 352. The van der Waals surface area contributed by atoms with Gasteiger partial charge in [0.15, 0.2) is 0 Å². The van der Waals surface area contributed by atoms with Crippen LogP contribution >= 0.6 is 0 Å². The van der Waals surface area contributed by atoms with E-state index in [9.17, 15) is 14.4 Å². The summed E-state index contributed by atoms with van der Waals surface area (Å²) in [5.41, 5.74) is 0. The van der Waals surface area contributed by atoms with Crippen molar-refractivity contribution >= 4 is 18.0 Å². The summed E-state index contributed by atoms with van der Waals surface area (Å²) in [5.74, 6) is -2.21. The van der Waals surface area contributed by atoms with Gasteiger partial charge in [-0.05, 0) is 25.7 Å². The SMILES string of the molecule is CC(NC(=O)N[C@@H](CC(=O)O)C(=O)O)C1CCCC1. The summed E-state index contributed by atoms with van der Waals surface area (Å²) in [6.07, 6.45) is 3.77. The molecule has 1 fully saturated rings. The Kier molecular flexibility index (Phi) is 5.59. The first-order valence-electron chi connectivity index (χ1n) is 6.41. The molecule has 0 aliphatic heterocycles. The van der Waals surface area contributed by atoms with E-state index in [1.807, 2.05) is 6.92 Å². The van der Waals surface area contributed by atoms with E-state index in [4.69, 9.17) is 10.2 Å². The zero-order valence-corrected chi connectivity index (χ0v) is 10.9. The first kappa shape index (κ1) is 15.3. The van der Waals surface area contributed by atoms with Crippen molar-refractivity contribution in [2.45, 2.75) is 51.1 Å². The van der Waals surface area contributed by atoms with Gasteiger partial charge in [0.05, 0.1) is 6.42 Å². The van der Waals surface area contributed by atoms with Crippen LogP contribution in [0.15, 0.2) is 0 Å². The number of carboxylic acids is 2. The standard InChI is InChI=1S/C12H20N2O5/c1-7(8-4-2-3-5-8)13-12(19)14-9(11(17)18)6-10(15)16/h7-9H,2-6H2,1H3,(H,15,16)(H,17,18)(H2,13,14,19)/t7?,9-/m0/s1. The number of aliphatic carboxylic acids is 2. The summed E-state index contributed by atoms with van der Waals surface area (Å²) in [5, 5.41) is 22.2. The third-order valence-corrected chi connectivity index (χ3v) is 3.45. The van der Waals surface area contributed by atoms with Crippen molar-refractivity contribution in [2.75, 3.05) is 0 Å². The van der Waals surface area contributed by atoms with Crippen LogP contribution in [0, 0.1) is 5.92 Å². The first-order chi connectivity index (χ1) is 8.90. The van der Waals surface area contributed by atoms with Gasteiger partial charge in [0, 0.05) is 6.04 Å². The Morgan fingerprint density at radius 1 is 1.16 bits per heavy atom. The second-order valence-corrected chi connectivity index (χ2v) is 4.94. The summed E-state index contributed by atoms with van der Waals surface area (Å²) in [6.45, 7) is 1.88. The highest BCUT2D eigenvalue weighted by molar-refractivity contribution is 5.86. The molecule has 2 atom stereocenters. The number of carbonyl (C=O) groups is 3. The van der Waals surface area contributed by atoms with Crippen molar-refractivity contribution in [2.24, 2.45) is 5.92 Å². The third kappa shape index (κ3) is 5.15. The molecule has 1 aliphatic rings. The normalized spacial score (nSPS) is 18.6. The monoisotopic (exact) mass is 272 g/mol. The maximum atomic E-state index is 11.6. The van der Waals surface area contributed by atoms with Crippen LogP contribution in [0.3, 0.4) is 0 Å². The van der Waals surface area contributed by atoms with Gasteiger partial charge in [-0.3, -0.25) is 4.79 Å². The van der Waals surface area contributed by atoms with Crippen LogP contribution in [0.1, 0.15) is 39.0 Å². The van der Waals surface area contributed by atoms with Gasteiger partial charge in [0.1, 0.15) is 6.04 Å². The molecule has 7 nitrogen and oxygen atoms in total. The van der Waals surface area contributed by atoms with Crippen molar-refractivity contribution in [3.8, 4) is 0 Å². The molecule has 0 spiro atoms. The van der Waals surface area contributed by atoms with Crippen LogP contribution in [-0.4, -0.2) is 40.3 Å². The highest BCUT2D eigenvalue weighted by Gasteiger charge is 2.26. The van der Waals surface area contributed by atoms with Gasteiger partial charge < -0.3 is 20.8 Å². The van der Waals surface area contributed by atoms with Crippen LogP contribution in [0.4, 0.5) is 4.79 Å². The highest BCUT2D eigenvalue weighted by Crippen LogP contribution is 2.27. The van der Waals surface area contributed by atoms with E-state index < -0.39 is 30.4 Å². The molecule has 0 aromatic rings. The number of amides is 2. The number of urea groups is 1. The molecule has 1 aliphatic carbocycles. The minimum Gasteiger partial charge on any atom is -0.481 e. The quantitative estimate of drug-likeness (QED) is 0.570. The summed E-state index contributed by atoms with van der Waals surface area (Å²) in [4.78, 5) is 32.9. The maximum Gasteiger partial charge on any atom is 0.326 e. The smallest absolute Gasteiger partial charge is 0.326 e. The van der Waals surface area contributed by atoms with E-state index >= 15 is 0 Å². The van der Waals surface area contributed by atoms with Crippen LogP contribution in [-0.2, 0) is 9.59 Å². The van der Waals surface area contributed by atoms with E-state index in [0.717, 1.165) is 25.7 Å². The van der Waals surface area contributed by atoms with Crippen LogP contribution in [0.5, 0.6) is 0 Å². The highest BCUT2D eigenvalue weighted by atomic mass is 16.4. The van der Waals surface area contributed by atoms with E-state index in [2.05, 4.69) is 10.6 Å². The fourth-order valence-corrected chi connectivity index (χ4v) is 2.36. The third-order valence-electron chi connectivity index (χ3n) is 3.45. The molecule has 4 N–H and O–H groups in total. The second kappa shape index (κ2) is 6.96. The Morgan fingerprint density at radius 3 is 2.21 bits per heavy atom. The van der Waals surface area contributed by atoms with Gasteiger partial charge in [-0.2, -0.15) is 0 Å². The lowest BCUT2D eigenvalue weighted by atomic mass is 10.0. The molecule has 1 rings (SSSR count). The Hall–Kier alpha value is -1.79.